The van der Waals surface area contributed by atoms with Crippen LogP contribution in [0.3, 0.4) is 0 Å². The zero-order chi connectivity index (χ0) is 20.8. The Bertz CT molecular complexity index is 875. The highest BCUT2D eigenvalue weighted by molar-refractivity contribution is 6.00. The molecule has 1 atom stereocenters. The number of carbonyl (C=O) groups is 3. The summed E-state index contributed by atoms with van der Waals surface area (Å²) in [6.07, 6.45) is 0.300. The number of benzene rings is 2. The van der Waals surface area contributed by atoms with Crippen molar-refractivity contribution in [3.8, 4) is 0 Å². The van der Waals surface area contributed by atoms with Crippen molar-refractivity contribution >= 4 is 23.3 Å². The Morgan fingerprint density at radius 1 is 1.00 bits per heavy atom. The fourth-order valence-corrected chi connectivity index (χ4v) is 3.22. The van der Waals surface area contributed by atoms with E-state index in [1.54, 1.807) is 41.3 Å². The van der Waals surface area contributed by atoms with Gasteiger partial charge >= 0.3 is 0 Å². The van der Waals surface area contributed by atoms with Gasteiger partial charge in [0.2, 0.25) is 5.91 Å². The van der Waals surface area contributed by atoms with Crippen LogP contribution in [0.25, 0.3) is 0 Å². The number of aryl methyl sites for hydroxylation is 1. The molecule has 2 aromatic carbocycles. The number of rotatable bonds is 6. The molecule has 6 nitrogen and oxygen atoms in total. The van der Waals surface area contributed by atoms with E-state index in [4.69, 9.17) is 4.74 Å². The third-order valence-corrected chi connectivity index (χ3v) is 4.90. The Labute approximate surface area is 170 Å². The van der Waals surface area contributed by atoms with Crippen molar-refractivity contribution < 1.29 is 19.1 Å². The van der Waals surface area contributed by atoms with Gasteiger partial charge in [-0.3, -0.25) is 14.4 Å². The Hall–Kier alpha value is -2.99. The van der Waals surface area contributed by atoms with Crippen LogP contribution in [-0.4, -0.2) is 48.3 Å². The number of hydrogen-bond acceptors (Lipinski definition) is 4. The molecule has 2 aromatic rings. The first kappa shape index (κ1) is 20.7. The van der Waals surface area contributed by atoms with Gasteiger partial charge in [-0.25, -0.2) is 0 Å². The van der Waals surface area contributed by atoms with Gasteiger partial charge in [-0.2, -0.15) is 0 Å². The van der Waals surface area contributed by atoms with Crippen molar-refractivity contribution in [2.24, 2.45) is 0 Å². The van der Waals surface area contributed by atoms with E-state index in [1.807, 2.05) is 26.0 Å². The SMILES string of the molecule is Cc1ccc(C(=O)CCC(=O)Nc2ccc(C(=O)N3CCOC(C)C3)cc2)cc1. The molecule has 29 heavy (non-hydrogen) atoms. The summed E-state index contributed by atoms with van der Waals surface area (Å²) in [5, 5.41) is 2.77. The second-order valence-corrected chi connectivity index (χ2v) is 7.35. The van der Waals surface area contributed by atoms with E-state index in [9.17, 15) is 14.4 Å². The summed E-state index contributed by atoms with van der Waals surface area (Å²) in [5.41, 5.74) is 2.88. The van der Waals surface area contributed by atoms with Crippen LogP contribution < -0.4 is 5.32 Å². The van der Waals surface area contributed by atoms with E-state index in [1.165, 1.54) is 0 Å². The Balaban J connectivity index is 1.50. The average molecular weight is 394 g/mol. The molecule has 0 aliphatic carbocycles. The molecule has 0 saturated carbocycles. The third-order valence-electron chi connectivity index (χ3n) is 4.90. The van der Waals surface area contributed by atoms with Gasteiger partial charge in [0.1, 0.15) is 0 Å². The fourth-order valence-electron chi connectivity index (χ4n) is 3.22. The quantitative estimate of drug-likeness (QED) is 0.762. The molecule has 3 rings (SSSR count). The topological polar surface area (TPSA) is 75.7 Å². The zero-order valence-corrected chi connectivity index (χ0v) is 16.8. The smallest absolute Gasteiger partial charge is 0.254 e. The summed E-state index contributed by atoms with van der Waals surface area (Å²) in [6, 6.07) is 14.1. The number of hydrogen-bond donors (Lipinski definition) is 1. The molecule has 0 radical (unpaired) electrons. The number of carbonyl (C=O) groups excluding carboxylic acids is 3. The van der Waals surface area contributed by atoms with E-state index in [-0.39, 0.29) is 36.5 Å². The van der Waals surface area contributed by atoms with Crippen LogP contribution in [0, 0.1) is 6.92 Å². The molecule has 1 aliphatic rings. The summed E-state index contributed by atoms with van der Waals surface area (Å²) in [5.74, 6) is -0.325. The summed E-state index contributed by atoms with van der Waals surface area (Å²) in [7, 11) is 0. The van der Waals surface area contributed by atoms with Gasteiger partial charge < -0.3 is 15.0 Å². The minimum absolute atomic E-state index is 0.0360. The van der Waals surface area contributed by atoms with E-state index in [0.717, 1.165) is 5.56 Å². The molecule has 1 N–H and O–H groups in total. The standard InChI is InChI=1S/C23H26N2O4/c1-16-3-5-18(6-4-16)21(26)11-12-22(27)24-20-9-7-19(8-10-20)23(28)25-13-14-29-17(2)15-25/h3-10,17H,11-15H2,1-2H3,(H,24,27). The maximum atomic E-state index is 12.6. The number of ether oxygens (including phenoxy) is 1. The highest BCUT2D eigenvalue weighted by Gasteiger charge is 2.22. The van der Waals surface area contributed by atoms with Crippen LogP contribution in [0.15, 0.2) is 48.5 Å². The third kappa shape index (κ3) is 5.74. The van der Waals surface area contributed by atoms with Crippen molar-refractivity contribution in [3.05, 3.63) is 65.2 Å². The number of nitrogens with one attached hydrogen (secondary N) is 1. The lowest BCUT2D eigenvalue weighted by Crippen LogP contribution is -2.44. The second kappa shape index (κ2) is 9.47. The Morgan fingerprint density at radius 3 is 2.31 bits per heavy atom. The number of amides is 2. The first-order chi connectivity index (χ1) is 13.9. The minimum Gasteiger partial charge on any atom is -0.375 e. The first-order valence-corrected chi connectivity index (χ1v) is 9.83. The number of morpholine rings is 1. The maximum Gasteiger partial charge on any atom is 0.254 e. The largest absolute Gasteiger partial charge is 0.375 e. The number of ketones is 1. The van der Waals surface area contributed by atoms with E-state index >= 15 is 0 Å². The van der Waals surface area contributed by atoms with Gasteiger partial charge in [0, 0.05) is 42.7 Å². The minimum atomic E-state index is -0.230. The second-order valence-electron chi connectivity index (χ2n) is 7.35. The van der Waals surface area contributed by atoms with Crippen LogP contribution in [-0.2, 0) is 9.53 Å². The van der Waals surface area contributed by atoms with E-state index < -0.39 is 0 Å². The summed E-state index contributed by atoms with van der Waals surface area (Å²) in [4.78, 5) is 38.7. The van der Waals surface area contributed by atoms with E-state index in [0.29, 0.717) is 36.5 Å². The summed E-state index contributed by atoms with van der Waals surface area (Å²) < 4.78 is 5.46. The van der Waals surface area contributed by atoms with Crippen molar-refractivity contribution in [3.63, 3.8) is 0 Å². The fraction of sp³-hybridized carbons (Fsp3) is 0.348. The molecular weight excluding hydrogens is 368 g/mol. The van der Waals surface area contributed by atoms with Crippen molar-refractivity contribution in [2.75, 3.05) is 25.0 Å². The summed E-state index contributed by atoms with van der Waals surface area (Å²) in [6.45, 7) is 5.61. The highest BCUT2D eigenvalue weighted by atomic mass is 16.5. The van der Waals surface area contributed by atoms with Gasteiger partial charge in [0.05, 0.1) is 12.7 Å². The van der Waals surface area contributed by atoms with Crippen molar-refractivity contribution in [1.82, 2.24) is 4.90 Å². The molecule has 1 heterocycles. The highest BCUT2D eigenvalue weighted by Crippen LogP contribution is 2.15. The first-order valence-electron chi connectivity index (χ1n) is 9.83. The monoisotopic (exact) mass is 394 g/mol. The molecule has 0 spiro atoms. The molecule has 1 saturated heterocycles. The molecular formula is C23H26N2O4. The van der Waals surface area contributed by atoms with E-state index in [2.05, 4.69) is 5.32 Å². The average Bonchev–Trinajstić information content (AvgIpc) is 2.72. The number of anilines is 1. The van der Waals surface area contributed by atoms with Crippen LogP contribution >= 0.6 is 0 Å². The van der Waals surface area contributed by atoms with Crippen LogP contribution in [0.5, 0.6) is 0 Å². The Kier molecular flexibility index (Phi) is 6.77. The molecule has 0 aromatic heterocycles. The van der Waals surface area contributed by atoms with Gasteiger partial charge in [0.15, 0.2) is 5.78 Å². The van der Waals surface area contributed by atoms with Crippen molar-refractivity contribution in [1.29, 1.82) is 0 Å². The number of nitrogens with zero attached hydrogens (tertiary/aromatic N) is 1. The summed E-state index contributed by atoms with van der Waals surface area (Å²) >= 11 is 0. The molecule has 0 bridgehead atoms. The van der Waals surface area contributed by atoms with Crippen LogP contribution in [0.1, 0.15) is 46.0 Å². The normalized spacial score (nSPS) is 16.3. The van der Waals surface area contributed by atoms with Gasteiger partial charge in [-0.15, -0.1) is 0 Å². The molecule has 1 aliphatic heterocycles. The molecule has 1 unspecified atom stereocenters. The van der Waals surface area contributed by atoms with Crippen molar-refractivity contribution in [2.45, 2.75) is 32.8 Å². The molecule has 152 valence electrons. The van der Waals surface area contributed by atoms with Crippen LogP contribution in [0.4, 0.5) is 5.69 Å². The lowest BCUT2D eigenvalue weighted by molar-refractivity contribution is -0.116. The maximum absolute atomic E-state index is 12.6. The molecule has 2 amide bonds. The van der Waals surface area contributed by atoms with Gasteiger partial charge in [-0.05, 0) is 38.1 Å². The van der Waals surface area contributed by atoms with Gasteiger partial charge in [-0.1, -0.05) is 29.8 Å². The van der Waals surface area contributed by atoms with Gasteiger partial charge in [0.25, 0.3) is 5.91 Å². The lowest BCUT2D eigenvalue weighted by Gasteiger charge is -2.31. The predicted molar refractivity (Wildman–Crippen MR) is 111 cm³/mol. The number of Topliss-reactive ketones (excluding diaryl/α,β-unsaturated/α-hetero) is 1. The van der Waals surface area contributed by atoms with Crippen LogP contribution in [0.2, 0.25) is 0 Å². The Morgan fingerprint density at radius 2 is 1.66 bits per heavy atom. The molecule has 1 fully saturated rings. The predicted octanol–water partition coefficient (Wildman–Crippen LogP) is 3.46. The lowest BCUT2D eigenvalue weighted by atomic mass is 10.0. The zero-order valence-electron chi connectivity index (χ0n) is 16.8. The molecule has 6 heteroatoms.